The summed E-state index contributed by atoms with van der Waals surface area (Å²) in [6.45, 7) is 0. The van der Waals surface area contributed by atoms with Gasteiger partial charge in [-0.15, -0.1) is 0 Å². The highest BCUT2D eigenvalue weighted by Crippen LogP contribution is 2.26. The zero-order valence-corrected chi connectivity index (χ0v) is 13.1. The minimum atomic E-state index is -3.67. The quantitative estimate of drug-likeness (QED) is 0.506. The highest BCUT2D eigenvalue weighted by molar-refractivity contribution is 9.10. The van der Waals surface area contributed by atoms with Gasteiger partial charge < -0.3 is 5.73 Å². The number of benzene rings is 2. The molecule has 0 aliphatic rings. The van der Waals surface area contributed by atoms with Gasteiger partial charge in [-0.2, -0.15) is 0 Å². The Morgan fingerprint density at radius 3 is 2.52 bits per heavy atom. The number of hydrogen-bond donors (Lipinski definition) is 1. The number of nitro benzene ring substituents is 1. The van der Waals surface area contributed by atoms with Crippen LogP contribution >= 0.6 is 15.9 Å². The Balaban J connectivity index is 2.37. The van der Waals surface area contributed by atoms with E-state index in [9.17, 15) is 18.5 Å². The number of anilines is 1. The van der Waals surface area contributed by atoms with E-state index in [0.717, 1.165) is 0 Å². The van der Waals surface area contributed by atoms with Crippen LogP contribution in [-0.2, 0) is 15.6 Å². The average molecular weight is 371 g/mol. The molecule has 0 unspecified atom stereocenters. The molecule has 0 atom stereocenters. The molecule has 0 amide bonds. The molecule has 8 heteroatoms. The minimum absolute atomic E-state index is 0.0113. The van der Waals surface area contributed by atoms with Crippen molar-refractivity contribution in [1.82, 2.24) is 0 Å². The summed E-state index contributed by atoms with van der Waals surface area (Å²) in [5, 5.41) is 10.7. The van der Waals surface area contributed by atoms with Gasteiger partial charge in [0.25, 0.3) is 5.69 Å². The van der Waals surface area contributed by atoms with Gasteiger partial charge in [-0.1, -0.05) is 28.1 Å². The summed E-state index contributed by atoms with van der Waals surface area (Å²) in [6.07, 6.45) is 0. The highest BCUT2D eigenvalue weighted by Gasteiger charge is 2.19. The molecule has 0 aliphatic carbocycles. The van der Waals surface area contributed by atoms with Crippen molar-refractivity contribution < 1.29 is 13.3 Å². The third kappa shape index (κ3) is 3.59. The molecule has 0 saturated carbocycles. The maximum Gasteiger partial charge on any atom is 0.269 e. The third-order valence-corrected chi connectivity index (χ3v) is 5.03. The first-order valence-corrected chi connectivity index (χ1v) is 8.25. The fourth-order valence-electron chi connectivity index (χ4n) is 1.86. The number of nitrogen functional groups attached to an aromatic ring is 1. The van der Waals surface area contributed by atoms with Gasteiger partial charge in [0.05, 0.1) is 21.3 Å². The number of halogens is 1. The maximum absolute atomic E-state index is 12.3. The third-order valence-electron chi connectivity index (χ3n) is 2.78. The van der Waals surface area contributed by atoms with E-state index >= 15 is 0 Å². The van der Waals surface area contributed by atoms with Crippen LogP contribution in [0.25, 0.3) is 0 Å². The van der Waals surface area contributed by atoms with E-state index < -0.39 is 14.8 Å². The Labute approximate surface area is 129 Å². The first-order valence-electron chi connectivity index (χ1n) is 5.81. The molecule has 0 bridgehead atoms. The standard InChI is InChI=1S/C13H11BrN2O4S/c14-10-4-5-13(12(15)7-10)21(19,20)8-9-2-1-3-11(6-9)16(17)18/h1-7H,8,15H2. The summed E-state index contributed by atoms with van der Waals surface area (Å²) < 4.78 is 25.4. The molecule has 6 nitrogen and oxygen atoms in total. The zero-order valence-electron chi connectivity index (χ0n) is 10.7. The molecular formula is C13H11BrN2O4S. The molecule has 0 spiro atoms. The normalized spacial score (nSPS) is 11.3. The Morgan fingerprint density at radius 1 is 1.19 bits per heavy atom. The van der Waals surface area contributed by atoms with E-state index in [1.165, 1.54) is 36.4 Å². The van der Waals surface area contributed by atoms with E-state index in [2.05, 4.69) is 15.9 Å². The monoisotopic (exact) mass is 370 g/mol. The first-order chi connectivity index (χ1) is 9.79. The Hall–Kier alpha value is -1.93. The Kier molecular flexibility index (Phi) is 4.29. The van der Waals surface area contributed by atoms with Gasteiger partial charge in [-0.25, -0.2) is 8.42 Å². The van der Waals surface area contributed by atoms with Crippen LogP contribution in [0.5, 0.6) is 0 Å². The molecule has 0 fully saturated rings. The van der Waals surface area contributed by atoms with E-state index in [4.69, 9.17) is 5.73 Å². The summed E-state index contributed by atoms with van der Waals surface area (Å²) in [7, 11) is -3.67. The lowest BCUT2D eigenvalue weighted by molar-refractivity contribution is -0.384. The molecule has 0 saturated heterocycles. The van der Waals surface area contributed by atoms with Crippen molar-refractivity contribution in [2.75, 3.05) is 5.73 Å². The zero-order chi connectivity index (χ0) is 15.6. The van der Waals surface area contributed by atoms with E-state index in [1.54, 1.807) is 6.07 Å². The van der Waals surface area contributed by atoms with Crippen LogP contribution in [0.1, 0.15) is 5.56 Å². The van der Waals surface area contributed by atoms with Crippen molar-refractivity contribution in [2.24, 2.45) is 0 Å². The summed E-state index contributed by atoms with van der Waals surface area (Å²) in [5.41, 5.74) is 6.05. The lowest BCUT2D eigenvalue weighted by Crippen LogP contribution is -2.08. The summed E-state index contributed by atoms with van der Waals surface area (Å²) in [5.74, 6) is -0.347. The molecule has 2 aromatic carbocycles. The average Bonchev–Trinajstić information content (AvgIpc) is 2.37. The SMILES string of the molecule is Nc1cc(Br)ccc1S(=O)(=O)Cc1cccc([N+](=O)[O-])c1. The molecule has 21 heavy (non-hydrogen) atoms. The molecule has 2 rings (SSSR count). The summed E-state index contributed by atoms with van der Waals surface area (Å²) in [6, 6.07) is 10.0. The predicted molar refractivity (Wildman–Crippen MR) is 82.5 cm³/mol. The molecule has 0 heterocycles. The molecule has 2 N–H and O–H groups in total. The number of nitro groups is 1. The molecular weight excluding hydrogens is 360 g/mol. The fourth-order valence-corrected chi connectivity index (χ4v) is 3.71. The van der Waals surface area contributed by atoms with Crippen LogP contribution in [0.2, 0.25) is 0 Å². The van der Waals surface area contributed by atoms with Crippen molar-refractivity contribution >= 4 is 37.1 Å². The van der Waals surface area contributed by atoms with Gasteiger partial charge in [0.1, 0.15) is 0 Å². The topological polar surface area (TPSA) is 103 Å². The second-order valence-corrected chi connectivity index (χ2v) is 7.24. The van der Waals surface area contributed by atoms with Crippen LogP contribution < -0.4 is 5.73 Å². The lowest BCUT2D eigenvalue weighted by Gasteiger charge is -2.08. The van der Waals surface area contributed by atoms with E-state index in [0.29, 0.717) is 10.0 Å². The van der Waals surface area contributed by atoms with E-state index in [1.807, 2.05) is 0 Å². The number of sulfone groups is 1. The number of non-ortho nitro benzene ring substituents is 1. The number of nitrogens with two attached hydrogens (primary N) is 1. The maximum atomic E-state index is 12.3. The van der Waals surface area contributed by atoms with Crippen molar-refractivity contribution in [3.05, 3.63) is 62.6 Å². The molecule has 0 aliphatic heterocycles. The van der Waals surface area contributed by atoms with Crippen LogP contribution in [0.3, 0.4) is 0 Å². The Bertz CT molecular complexity index is 806. The van der Waals surface area contributed by atoms with Crippen LogP contribution in [0.15, 0.2) is 51.8 Å². The van der Waals surface area contributed by atoms with Crippen LogP contribution in [0, 0.1) is 10.1 Å². The second-order valence-electron chi connectivity index (χ2n) is 4.37. The molecule has 2 aromatic rings. The van der Waals surface area contributed by atoms with Crippen LogP contribution in [0.4, 0.5) is 11.4 Å². The minimum Gasteiger partial charge on any atom is -0.398 e. The number of hydrogen-bond acceptors (Lipinski definition) is 5. The second kappa shape index (κ2) is 5.82. The predicted octanol–water partition coefficient (Wildman–Crippen LogP) is 2.91. The molecule has 0 radical (unpaired) electrons. The Morgan fingerprint density at radius 2 is 1.90 bits per heavy atom. The smallest absolute Gasteiger partial charge is 0.269 e. The van der Waals surface area contributed by atoms with E-state index in [-0.39, 0.29) is 22.0 Å². The summed E-state index contributed by atoms with van der Waals surface area (Å²) >= 11 is 3.21. The van der Waals surface area contributed by atoms with Crippen molar-refractivity contribution in [3.8, 4) is 0 Å². The van der Waals surface area contributed by atoms with Gasteiger partial charge in [0.2, 0.25) is 0 Å². The van der Waals surface area contributed by atoms with Gasteiger partial charge >= 0.3 is 0 Å². The summed E-state index contributed by atoms with van der Waals surface area (Å²) in [4.78, 5) is 10.2. The highest BCUT2D eigenvalue weighted by atomic mass is 79.9. The lowest BCUT2D eigenvalue weighted by atomic mass is 10.2. The molecule has 110 valence electrons. The van der Waals surface area contributed by atoms with Crippen molar-refractivity contribution in [2.45, 2.75) is 10.6 Å². The van der Waals surface area contributed by atoms with Crippen molar-refractivity contribution in [3.63, 3.8) is 0 Å². The largest absolute Gasteiger partial charge is 0.398 e. The molecule has 0 aromatic heterocycles. The van der Waals surface area contributed by atoms with Gasteiger partial charge in [-0.3, -0.25) is 10.1 Å². The van der Waals surface area contributed by atoms with Gasteiger partial charge in [0.15, 0.2) is 9.84 Å². The first kappa shape index (κ1) is 15.5. The van der Waals surface area contributed by atoms with Crippen LogP contribution in [-0.4, -0.2) is 13.3 Å². The number of rotatable bonds is 4. The fraction of sp³-hybridized carbons (Fsp3) is 0.0769. The van der Waals surface area contributed by atoms with Gasteiger partial charge in [-0.05, 0) is 23.8 Å². The van der Waals surface area contributed by atoms with Gasteiger partial charge in [0, 0.05) is 16.6 Å². The number of nitrogens with zero attached hydrogens (tertiary/aromatic N) is 1. The van der Waals surface area contributed by atoms with Crippen molar-refractivity contribution in [1.29, 1.82) is 0 Å².